The number of epoxide rings is 1. The van der Waals surface area contributed by atoms with Gasteiger partial charge in [0.25, 0.3) is 0 Å². The minimum atomic E-state index is -0.295. The topological polar surface area (TPSA) is 55.9 Å². The predicted molar refractivity (Wildman–Crippen MR) is 128 cm³/mol. The third-order valence-electron chi connectivity index (χ3n) is 5.32. The summed E-state index contributed by atoms with van der Waals surface area (Å²) in [5.74, 6) is -0.470. The molecule has 2 rings (SSSR count). The number of carbonyl (C=O) groups excluding carboxylic acids is 2. The Morgan fingerprint density at radius 2 is 1.61 bits per heavy atom. The second kappa shape index (κ2) is 15.1. The van der Waals surface area contributed by atoms with Crippen molar-refractivity contribution in [3.63, 3.8) is 0 Å². The molecule has 170 valence electrons. The fraction of sp³-hybridized carbons (Fsp3) is 0.538. The lowest BCUT2D eigenvalue weighted by Crippen LogP contribution is -2.13. The maximum atomic E-state index is 12.0. The quantitative estimate of drug-likeness (QED) is 0.0824. The summed E-state index contributed by atoms with van der Waals surface area (Å²) in [4.78, 5) is 23.8. The highest BCUT2D eigenvalue weighted by molar-refractivity contribution is 9.10. The first-order valence-electron chi connectivity index (χ1n) is 11.5. The fourth-order valence-electron chi connectivity index (χ4n) is 3.34. The molecule has 0 saturated carbocycles. The fourth-order valence-corrected chi connectivity index (χ4v) is 3.61. The summed E-state index contributed by atoms with van der Waals surface area (Å²) in [6.07, 6.45) is 19.9. The van der Waals surface area contributed by atoms with Crippen LogP contribution >= 0.6 is 15.9 Å². The molecule has 0 spiro atoms. The largest absolute Gasteiger partial charge is 0.457 e. The molecule has 0 amide bonds. The van der Waals surface area contributed by atoms with Gasteiger partial charge in [-0.2, -0.15) is 0 Å². The van der Waals surface area contributed by atoms with Crippen LogP contribution in [0.1, 0.15) is 81.5 Å². The maximum Gasteiger partial charge on any atom is 0.306 e. The van der Waals surface area contributed by atoms with Crippen LogP contribution < -0.4 is 0 Å². The lowest BCUT2D eigenvalue weighted by molar-refractivity contribution is -0.142. The summed E-state index contributed by atoms with van der Waals surface area (Å²) in [5, 5.41) is 0. The van der Waals surface area contributed by atoms with Gasteiger partial charge in [0, 0.05) is 16.5 Å². The van der Waals surface area contributed by atoms with Crippen molar-refractivity contribution in [1.29, 1.82) is 0 Å². The summed E-state index contributed by atoms with van der Waals surface area (Å²) in [6.45, 7) is 1.98. The molecule has 1 aromatic carbocycles. The van der Waals surface area contributed by atoms with Gasteiger partial charge in [-0.25, -0.2) is 0 Å². The number of unbranched alkanes of at least 4 members (excludes halogenated alkanes) is 5. The molecule has 0 aromatic heterocycles. The van der Waals surface area contributed by atoms with Crippen LogP contribution in [0.2, 0.25) is 0 Å². The molecule has 2 atom stereocenters. The molecular weight excluding hydrogens is 456 g/mol. The molecule has 1 aliphatic heterocycles. The number of rotatable bonds is 16. The molecule has 0 radical (unpaired) electrons. The van der Waals surface area contributed by atoms with E-state index in [1.165, 1.54) is 0 Å². The summed E-state index contributed by atoms with van der Waals surface area (Å²) in [5.41, 5.74) is 0.554. The van der Waals surface area contributed by atoms with Crippen LogP contribution in [0.25, 0.3) is 0 Å². The van der Waals surface area contributed by atoms with Crippen LogP contribution in [-0.4, -0.2) is 30.6 Å². The molecule has 31 heavy (non-hydrogen) atoms. The Hall–Kier alpha value is -1.72. The monoisotopic (exact) mass is 490 g/mol. The van der Waals surface area contributed by atoms with Gasteiger partial charge in [-0.1, -0.05) is 72.1 Å². The predicted octanol–water partition coefficient (Wildman–Crippen LogP) is 6.98. The minimum Gasteiger partial charge on any atom is -0.457 e. The molecule has 1 aliphatic rings. The van der Waals surface area contributed by atoms with Crippen molar-refractivity contribution >= 4 is 27.7 Å². The molecular formula is C26H35BrO4. The van der Waals surface area contributed by atoms with Crippen LogP contribution in [0, 0.1) is 0 Å². The highest BCUT2D eigenvalue weighted by atomic mass is 79.9. The number of ketones is 1. The van der Waals surface area contributed by atoms with Crippen molar-refractivity contribution in [2.75, 3.05) is 6.61 Å². The van der Waals surface area contributed by atoms with Gasteiger partial charge in [-0.3, -0.25) is 9.59 Å². The van der Waals surface area contributed by atoms with Crippen molar-refractivity contribution in [2.24, 2.45) is 0 Å². The first kappa shape index (κ1) is 25.5. The van der Waals surface area contributed by atoms with E-state index < -0.39 is 0 Å². The zero-order valence-electron chi connectivity index (χ0n) is 18.6. The van der Waals surface area contributed by atoms with Gasteiger partial charge in [0.2, 0.25) is 0 Å². The number of ether oxygens (including phenoxy) is 2. The molecule has 1 aromatic rings. The minimum absolute atomic E-state index is 0.176. The average Bonchev–Trinajstić information content (AvgIpc) is 3.54. The Kier molecular flexibility index (Phi) is 12.5. The second-order valence-corrected chi connectivity index (χ2v) is 8.84. The van der Waals surface area contributed by atoms with E-state index in [2.05, 4.69) is 47.2 Å². The van der Waals surface area contributed by atoms with Crippen LogP contribution in [0.3, 0.4) is 0 Å². The van der Waals surface area contributed by atoms with E-state index in [1.807, 2.05) is 0 Å². The van der Waals surface area contributed by atoms with E-state index in [0.29, 0.717) is 24.2 Å². The molecule has 4 nitrogen and oxygen atoms in total. The van der Waals surface area contributed by atoms with Gasteiger partial charge in [-0.15, -0.1) is 0 Å². The molecule has 0 unspecified atom stereocenters. The Balaban J connectivity index is 1.38. The van der Waals surface area contributed by atoms with Gasteiger partial charge in [-0.05, 0) is 57.1 Å². The van der Waals surface area contributed by atoms with Crippen LogP contribution in [0.15, 0.2) is 53.0 Å². The summed E-state index contributed by atoms with van der Waals surface area (Å²) < 4.78 is 11.5. The zero-order valence-corrected chi connectivity index (χ0v) is 20.1. The van der Waals surface area contributed by atoms with E-state index in [1.54, 1.807) is 24.3 Å². The number of benzene rings is 1. The summed E-state index contributed by atoms with van der Waals surface area (Å²) in [6, 6.07) is 7.04. The van der Waals surface area contributed by atoms with Crippen LogP contribution in [0.5, 0.6) is 0 Å². The standard InChI is InChI=1S/C26H35BrO4/c1-2-24-25(31-24)14-12-10-8-6-4-3-5-7-9-11-13-15-26(29)30-20-23(28)21-16-18-22(27)19-17-21/h3-4,10,12,16-19,24-25H,2,5-9,11,13-15,20H2,1H3/b4-3-,12-10-/t24-,25+/m1/s1. The number of esters is 1. The van der Waals surface area contributed by atoms with Gasteiger partial charge >= 0.3 is 5.97 Å². The number of carbonyl (C=O) groups is 2. The number of Topliss-reactive ketones (excluding diaryl/α,β-unsaturated/α-hetero) is 1. The normalized spacial score (nSPS) is 18.0. The average molecular weight is 491 g/mol. The first-order chi connectivity index (χ1) is 15.1. The third kappa shape index (κ3) is 11.5. The van der Waals surface area contributed by atoms with Crippen molar-refractivity contribution in [3.8, 4) is 0 Å². The smallest absolute Gasteiger partial charge is 0.306 e. The molecule has 1 fully saturated rings. The molecule has 1 saturated heterocycles. The van der Waals surface area contributed by atoms with Crippen molar-refractivity contribution < 1.29 is 19.1 Å². The second-order valence-electron chi connectivity index (χ2n) is 7.92. The van der Waals surface area contributed by atoms with Crippen LogP contribution in [-0.2, 0) is 14.3 Å². The van der Waals surface area contributed by atoms with Gasteiger partial charge < -0.3 is 9.47 Å². The Bertz CT molecular complexity index is 723. The van der Waals surface area contributed by atoms with E-state index in [4.69, 9.17) is 9.47 Å². The van der Waals surface area contributed by atoms with Gasteiger partial charge in [0.05, 0.1) is 12.2 Å². The van der Waals surface area contributed by atoms with E-state index in [9.17, 15) is 9.59 Å². The highest BCUT2D eigenvalue weighted by Crippen LogP contribution is 2.28. The molecule has 0 aliphatic carbocycles. The molecule has 0 bridgehead atoms. The van der Waals surface area contributed by atoms with Gasteiger partial charge in [0.1, 0.15) is 0 Å². The molecule has 0 N–H and O–H groups in total. The van der Waals surface area contributed by atoms with E-state index >= 15 is 0 Å². The van der Waals surface area contributed by atoms with E-state index in [-0.39, 0.29) is 18.4 Å². The number of halogens is 1. The number of allylic oxidation sites excluding steroid dienone is 3. The van der Waals surface area contributed by atoms with Crippen molar-refractivity contribution in [3.05, 3.63) is 58.6 Å². The van der Waals surface area contributed by atoms with Crippen molar-refractivity contribution in [1.82, 2.24) is 0 Å². The number of hydrogen-bond donors (Lipinski definition) is 0. The summed E-state index contributed by atoms with van der Waals surface area (Å²) in [7, 11) is 0. The molecule has 1 heterocycles. The third-order valence-corrected chi connectivity index (χ3v) is 5.85. The Morgan fingerprint density at radius 1 is 0.935 bits per heavy atom. The zero-order chi connectivity index (χ0) is 22.3. The molecule has 5 heteroatoms. The highest BCUT2D eigenvalue weighted by Gasteiger charge is 2.35. The van der Waals surface area contributed by atoms with Crippen LogP contribution in [0.4, 0.5) is 0 Å². The maximum absolute atomic E-state index is 12.0. The van der Waals surface area contributed by atoms with E-state index in [0.717, 1.165) is 62.3 Å². The Labute approximate surface area is 195 Å². The van der Waals surface area contributed by atoms with Crippen molar-refractivity contribution in [2.45, 2.75) is 83.3 Å². The lowest BCUT2D eigenvalue weighted by Gasteiger charge is -2.04. The lowest BCUT2D eigenvalue weighted by atomic mass is 10.1. The Morgan fingerprint density at radius 3 is 2.32 bits per heavy atom. The first-order valence-corrected chi connectivity index (χ1v) is 12.3. The summed E-state index contributed by atoms with van der Waals surface area (Å²) >= 11 is 3.33. The van der Waals surface area contributed by atoms with Gasteiger partial charge in [0.15, 0.2) is 12.4 Å². The number of hydrogen-bond acceptors (Lipinski definition) is 4. The SMILES string of the molecule is CC[C@H]1O[C@H]1C/C=C\CC/C=C\CCCCCCC(=O)OCC(=O)c1ccc(Br)cc1.